The lowest BCUT2D eigenvalue weighted by molar-refractivity contribution is -0.131. The predicted molar refractivity (Wildman–Crippen MR) is 49.8 cm³/mol. The highest BCUT2D eigenvalue weighted by molar-refractivity contribution is 5.82. The molecule has 13 heavy (non-hydrogen) atoms. The van der Waals surface area contributed by atoms with E-state index >= 15 is 0 Å². The molecule has 1 N–H and O–H groups in total. The number of rotatable bonds is 2. The van der Waals surface area contributed by atoms with Crippen LogP contribution >= 0.6 is 0 Å². The largest absolute Gasteiger partial charge is 0.343 e. The van der Waals surface area contributed by atoms with Crippen molar-refractivity contribution in [2.45, 2.75) is 39.0 Å². The van der Waals surface area contributed by atoms with Gasteiger partial charge in [-0.05, 0) is 12.8 Å². The van der Waals surface area contributed by atoms with E-state index in [0.717, 1.165) is 25.7 Å². The van der Waals surface area contributed by atoms with Gasteiger partial charge in [0.2, 0.25) is 5.91 Å². The lowest BCUT2D eigenvalue weighted by Gasteiger charge is -2.31. The highest BCUT2D eigenvalue weighted by Crippen LogP contribution is 2.35. The summed E-state index contributed by atoms with van der Waals surface area (Å²) in [5.41, 5.74) is -0.213. The number of hydrogen-bond acceptors (Lipinski definition) is 2. The lowest BCUT2D eigenvalue weighted by atomic mass is 9.75. The van der Waals surface area contributed by atoms with E-state index in [0.29, 0.717) is 0 Å². The first-order valence-electron chi connectivity index (χ1n) is 4.84. The van der Waals surface area contributed by atoms with Crippen LogP contribution < -0.4 is 5.32 Å². The summed E-state index contributed by atoms with van der Waals surface area (Å²) in [6, 6.07) is 1.92. The van der Waals surface area contributed by atoms with Crippen molar-refractivity contribution in [3.63, 3.8) is 0 Å². The second-order valence-corrected chi connectivity index (χ2v) is 3.96. The van der Waals surface area contributed by atoms with Crippen LogP contribution in [-0.4, -0.2) is 12.5 Å². The fourth-order valence-corrected chi connectivity index (χ4v) is 1.89. The van der Waals surface area contributed by atoms with Crippen LogP contribution in [0.4, 0.5) is 0 Å². The fraction of sp³-hybridized carbons (Fsp3) is 0.800. The Hall–Kier alpha value is -1.04. The predicted octanol–water partition coefficient (Wildman–Crippen LogP) is 1.60. The normalized spacial score (nSPS) is 20.3. The zero-order valence-electron chi connectivity index (χ0n) is 8.10. The van der Waals surface area contributed by atoms with Crippen molar-refractivity contribution in [1.29, 1.82) is 5.26 Å². The summed E-state index contributed by atoms with van der Waals surface area (Å²) in [6.07, 6.45) is 5.43. The van der Waals surface area contributed by atoms with Crippen molar-refractivity contribution in [2.75, 3.05) is 6.54 Å². The highest BCUT2D eigenvalue weighted by atomic mass is 16.2. The molecule has 0 aromatic heterocycles. The number of nitrogens with zero attached hydrogens (tertiary/aromatic N) is 1. The van der Waals surface area contributed by atoms with Crippen molar-refractivity contribution >= 4 is 5.91 Å². The average molecular weight is 180 g/mol. The Morgan fingerprint density at radius 3 is 2.62 bits per heavy atom. The molecule has 0 bridgehead atoms. The van der Waals surface area contributed by atoms with Crippen LogP contribution in [0.15, 0.2) is 0 Å². The summed E-state index contributed by atoms with van der Waals surface area (Å²) >= 11 is 0. The summed E-state index contributed by atoms with van der Waals surface area (Å²) in [5.74, 6) is 0.0498. The maximum absolute atomic E-state index is 11.6. The van der Waals surface area contributed by atoms with Gasteiger partial charge in [0, 0.05) is 5.41 Å². The zero-order chi connectivity index (χ0) is 9.73. The second-order valence-electron chi connectivity index (χ2n) is 3.96. The molecule has 0 atom stereocenters. The molecule has 1 saturated carbocycles. The maximum Gasteiger partial charge on any atom is 0.226 e. The minimum absolute atomic E-state index is 0.0498. The topological polar surface area (TPSA) is 52.9 Å². The summed E-state index contributed by atoms with van der Waals surface area (Å²) in [6.45, 7) is 2.13. The van der Waals surface area contributed by atoms with Crippen molar-refractivity contribution in [3.05, 3.63) is 0 Å². The molecular formula is C10H16N2O. The van der Waals surface area contributed by atoms with Crippen LogP contribution in [0, 0.1) is 16.7 Å². The van der Waals surface area contributed by atoms with E-state index in [-0.39, 0.29) is 17.9 Å². The Morgan fingerprint density at radius 1 is 1.46 bits per heavy atom. The van der Waals surface area contributed by atoms with Gasteiger partial charge in [-0.1, -0.05) is 26.2 Å². The van der Waals surface area contributed by atoms with Crippen LogP contribution in [0.5, 0.6) is 0 Å². The Balaban J connectivity index is 2.47. The molecule has 0 aromatic carbocycles. The van der Waals surface area contributed by atoms with Crippen LogP contribution in [0.25, 0.3) is 0 Å². The molecule has 3 nitrogen and oxygen atoms in total. The molecule has 0 heterocycles. The van der Waals surface area contributed by atoms with E-state index in [4.69, 9.17) is 5.26 Å². The van der Waals surface area contributed by atoms with E-state index in [9.17, 15) is 4.79 Å². The third kappa shape index (κ3) is 2.45. The van der Waals surface area contributed by atoms with Crippen LogP contribution in [0.1, 0.15) is 39.0 Å². The van der Waals surface area contributed by atoms with Gasteiger partial charge in [0.1, 0.15) is 6.54 Å². The third-order valence-electron chi connectivity index (χ3n) is 2.83. The zero-order valence-corrected chi connectivity index (χ0v) is 8.10. The molecule has 0 aromatic rings. The monoisotopic (exact) mass is 180 g/mol. The van der Waals surface area contributed by atoms with Crippen molar-refractivity contribution in [2.24, 2.45) is 5.41 Å². The fourth-order valence-electron chi connectivity index (χ4n) is 1.89. The summed E-state index contributed by atoms with van der Waals surface area (Å²) in [5, 5.41) is 11.0. The number of carbonyl (C=O) groups excluding carboxylic acids is 1. The molecule has 1 aliphatic rings. The summed E-state index contributed by atoms with van der Waals surface area (Å²) < 4.78 is 0. The first-order chi connectivity index (χ1) is 6.19. The highest BCUT2D eigenvalue weighted by Gasteiger charge is 2.33. The lowest BCUT2D eigenvalue weighted by Crippen LogP contribution is -2.40. The van der Waals surface area contributed by atoms with Crippen molar-refractivity contribution in [1.82, 2.24) is 5.32 Å². The van der Waals surface area contributed by atoms with Gasteiger partial charge in [0.15, 0.2) is 0 Å². The molecule has 0 saturated heterocycles. The number of carbonyl (C=O) groups is 1. The molecule has 1 aliphatic carbocycles. The Labute approximate surface area is 79.1 Å². The quantitative estimate of drug-likeness (QED) is 0.656. The van der Waals surface area contributed by atoms with Crippen molar-refractivity contribution in [3.8, 4) is 6.07 Å². The molecule has 0 unspecified atom stereocenters. The number of nitrogens with one attached hydrogen (secondary N) is 1. The molecule has 0 aliphatic heterocycles. The Kier molecular flexibility index (Phi) is 3.30. The Bertz CT molecular complexity index is 224. The second kappa shape index (κ2) is 4.27. The number of hydrogen-bond donors (Lipinski definition) is 1. The van der Waals surface area contributed by atoms with Gasteiger partial charge < -0.3 is 5.32 Å². The molecule has 0 radical (unpaired) electrons. The van der Waals surface area contributed by atoms with Gasteiger partial charge >= 0.3 is 0 Å². The SMILES string of the molecule is CC1(C(=O)NCC#N)CCCCC1. The first-order valence-corrected chi connectivity index (χ1v) is 4.84. The van der Waals surface area contributed by atoms with Gasteiger partial charge in [-0.25, -0.2) is 0 Å². The Morgan fingerprint density at radius 2 is 2.08 bits per heavy atom. The summed E-state index contributed by atoms with van der Waals surface area (Å²) in [7, 11) is 0. The number of nitriles is 1. The van der Waals surface area contributed by atoms with Crippen LogP contribution in [0.3, 0.4) is 0 Å². The van der Waals surface area contributed by atoms with E-state index in [1.165, 1.54) is 6.42 Å². The molecular weight excluding hydrogens is 164 g/mol. The van der Waals surface area contributed by atoms with E-state index in [2.05, 4.69) is 5.32 Å². The molecule has 1 rings (SSSR count). The third-order valence-corrected chi connectivity index (χ3v) is 2.83. The standard InChI is InChI=1S/C10H16N2O/c1-10(5-3-2-4-6-10)9(13)12-8-7-11/h2-6,8H2,1H3,(H,12,13). The molecule has 1 amide bonds. The minimum Gasteiger partial charge on any atom is -0.343 e. The number of amides is 1. The van der Waals surface area contributed by atoms with Gasteiger partial charge in [0.05, 0.1) is 6.07 Å². The van der Waals surface area contributed by atoms with Crippen LogP contribution in [0.2, 0.25) is 0 Å². The smallest absolute Gasteiger partial charge is 0.226 e. The average Bonchev–Trinajstić information content (AvgIpc) is 2.15. The van der Waals surface area contributed by atoms with E-state index in [1.54, 1.807) is 0 Å². The van der Waals surface area contributed by atoms with Gasteiger partial charge in [-0.2, -0.15) is 5.26 Å². The minimum atomic E-state index is -0.213. The first kappa shape index (κ1) is 10.0. The maximum atomic E-state index is 11.6. The van der Waals surface area contributed by atoms with Crippen molar-refractivity contribution < 1.29 is 4.79 Å². The van der Waals surface area contributed by atoms with E-state index < -0.39 is 0 Å². The van der Waals surface area contributed by atoms with Gasteiger partial charge in [-0.3, -0.25) is 4.79 Å². The molecule has 1 fully saturated rings. The van der Waals surface area contributed by atoms with Gasteiger partial charge in [-0.15, -0.1) is 0 Å². The van der Waals surface area contributed by atoms with Crippen LogP contribution in [-0.2, 0) is 4.79 Å². The molecule has 72 valence electrons. The summed E-state index contributed by atoms with van der Waals surface area (Å²) in [4.78, 5) is 11.6. The molecule has 3 heteroatoms. The van der Waals surface area contributed by atoms with Gasteiger partial charge in [0.25, 0.3) is 0 Å². The molecule has 0 spiro atoms. The van der Waals surface area contributed by atoms with E-state index in [1.807, 2.05) is 13.0 Å².